The number of rotatable bonds is 3. The summed E-state index contributed by atoms with van der Waals surface area (Å²) in [6.07, 6.45) is 3.43. The van der Waals surface area contributed by atoms with E-state index in [9.17, 15) is 9.90 Å². The molecule has 3 rings (SSSR count). The molecule has 2 aliphatic rings. The minimum atomic E-state index is -0.654. The molecule has 2 fully saturated rings. The highest BCUT2D eigenvalue weighted by atomic mass is 32.1. The maximum Gasteiger partial charge on any atom is 0.254 e. The van der Waals surface area contributed by atoms with Gasteiger partial charge in [0.1, 0.15) is 0 Å². The van der Waals surface area contributed by atoms with Crippen molar-refractivity contribution < 1.29 is 14.6 Å². The van der Waals surface area contributed by atoms with Crippen LogP contribution in [0.25, 0.3) is 0 Å². The predicted molar refractivity (Wildman–Crippen MR) is 96.6 cm³/mol. The second-order valence-electron chi connectivity index (χ2n) is 7.32. The summed E-state index contributed by atoms with van der Waals surface area (Å²) in [5.41, 5.74) is 1.39. The third-order valence-electron chi connectivity index (χ3n) is 6.03. The van der Waals surface area contributed by atoms with Crippen LogP contribution in [0.1, 0.15) is 53.9 Å². The summed E-state index contributed by atoms with van der Waals surface area (Å²) in [6.45, 7) is 9.07. The van der Waals surface area contributed by atoms with Gasteiger partial charge in [-0.25, -0.2) is 0 Å². The Bertz CT molecular complexity index is 593. The number of thiophene rings is 1. The molecule has 5 heteroatoms. The normalized spacial score (nSPS) is 29.0. The Morgan fingerprint density at radius 2 is 2.17 bits per heavy atom. The Balaban J connectivity index is 1.71. The highest BCUT2D eigenvalue weighted by Crippen LogP contribution is 2.40. The van der Waals surface area contributed by atoms with E-state index in [1.54, 1.807) is 11.3 Å². The first kappa shape index (κ1) is 17.9. The van der Waals surface area contributed by atoms with E-state index < -0.39 is 5.60 Å². The predicted octanol–water partition coefficient (Wildman–Crippen LogP) is 3.26. The van der Waals surface area contributed by atoms with Crippen LogP contribution in [0, 0.1) is 18.8 Å². The second-order valence-corrected chi connectivity index (χ2v) is 8.40. The van der Waals surface area contributed by atoms with Gasteiger partial charge in [0.15, 0.2) is 0 Å². The van der Waals surface area contributed by atoms with Crippen LogP contribution >= 0.6 is 11.3 Å². The molecule has 24 heavy (non-hydrogen) atoms. The zero-order valence-electron chi connectivity index (χ0n) is 15.0. The zero-order valence-corrected chi connectivity index (χ0v) is 15.8. The fraction of sp³-hybridized carbons (Fsp3) is 0.737. The first-order valence-electron chi connectivity index (χ1n) is 9.13. The molecular formula is C19H29NO3S. The molecule has 1 amide bonds. The third-order valence-corrected chi connectivity index (χ3v) is 6.99. The van der Waals surface area contributed by atoms with Crippen LogP contribution in [0.3, 0.4) is 0 Å². The van der Waals surface area contributed by atoms with E-state index in [1.807, 2.05) is 10.3 Å². The van der Waals surface area contributed by atoms with Crippen molar-refractivity contribution in [2.75, 3.05) is 26.3 Å². The Labute approximate surface area is 148 Å². The number of hydrogen-bond acceptors (Lipinski definition) is 4. The van der Waals surface area contributed by atoms with Crippen LogP contribution in [0.5, 0.6) is 0 Å². The van der Waals surface area contributed by atoms with Gasteiger partial charge in [0.05, 0.1) is 11.2 Å². The Kier molecular flexibility index (Phi) is 5.33. The fourth-order valence-electron chi connectivity index (χ4n) is 4.40. The molecule has 0 radical (unpaired) electrons. The first-order chi connectivity index (χ1) is 11.5. The number of ether oxygens (including phenoxy) is 1. The van der Waals surface area contributed by atoms with Gasteiger partial charge in [0.25, 0.3) is 5.91 Å². The van der Waals surface area contributed by atoms with Gasteiger partial charge >= 0.3 is 0 Å². The topological polar surface area (TPSA) is 49.8 Å². The van der Waals surface area contributed by atoms with Crippen LogP contribution in [-0.2, 0) is 11.2 Å². The SMILES string of the molecule is CCc1c(C(=O)N2CCC(O)(C3CCOCC3)C(C)C2)csc1C. The summed E-state index contributed by atoms with van der Waals surface area (Å²) in [5.74, 6) is 0.535. The lowest BCUT2D eigenvalue weighted by atomic mass is 9.70. The van der Waals surface area contributed by atoms with Gasteiger partial charge in [-0.2, -0.15) is 0 Å². The number of piperidine rings is 1. The molecule has 2 unspecified atom stereocenters. The lowest BCUT2D eigenvalue weighted by molar-refractivity contribution is -0.125. The average molecular weight is 352 g/mol. The van der Waals surface area contributed by atoms with Crippen molar-refractivity contribution in [3.05, 3.63) is 21.4 Å². The van der Waals surface area contributed by atoms with Crippen molar-refractivity contribution in [3.8, 4) is 0 Å². The monoisotopic (exact) mass is 351 g/mol. The van der Waals surface area contributed by atoms with Crippen LogP contribution < -0.4 is 0 Å². The third kappa shape index (κ3) is 3.14. The number of carbonyl (C=O) groups is 1. The van der Waals surface area contributed by atoms with Crippen LogP contribution in [-0.4, -0.2) is 47.8 Å². The lowest BCUT2D eigenvalue weighted by Gasteiger charge is -2.48. The van der Waals surface area contributed by atoms with E-state index in [0.717, 1.165) is 38.0 Å². The summed E-state index contributed by atoms with van der Waals surface area (Å²) in [7, 11) is 0. The standard InChI is InChI=1S/C19H29NO3S/c1-4-16-14(3)24-12-17(16)18(21)20-8-7-19(22,13(2)11-20)15-5-9-23-10-6-15/h12-13,15,22H,4-11H2,1-3H3. The minimum absolute atomic E-state index is 0.100. The number of carbonyl (C=O) groups excluding carboxylic acids is 1. The van der Waals surface area contributed by atoms with Gasteiger partial charge in [-0.15, -0.1) is 11.3 Å². The molecule has 0 saturated carbocycles. The van der Waals surface area contributed by atoms with E-state index in [1.165, 1.54) is 10.4 Å². The van der Waals surface area contributed by atoms with Crippen LogP contribution in [0.15, 0.2) is 5.38 Å². The molecule has 0 aromatic carbocycles. The van der Waals surface area contributed by atoms with Crippen molar-refractivity contribution >= 4 is 17.2 Å². The number of aliphatic hydroxyl groups is 1. The molecular weight excluding hydrogens is 322 g/mol. The van der Waals surface area contributed by atoms with Crippen molar-refractivity contribution in [1.29, 1.82) is 0 Å². The summed E-state index contributed by atoms with van der Waals surface area (Å²) in [4.78, 5) is 16.1. The van der Waals surface area contributed by atoms with Gasteiger partial charge in [-0.05, 0) is 44.1 Å². The largest absolute Gasteiger partial charge is 0.389 e. The smallest absolute Gasteiger partial charge is 0.254 e. The fourth-order valence-corrected chi connectivity index (χ4v) is 5.33. The van der Waals surface area contributed by atoms with Crippen molar-refractivity contribution in [2.24, 2.45) is 11.8 Å². The van der Waals surface area contributed by atoms with E-state index in [-0.39, 0.29) is 11.8 Å². The van der Waals surface area contributed by atoms with E-state index >= 15 is 0 Å². The summed E-state index contributed by atoms with van der Waals surface area (Å²) in [5, 5.41) is 13.2. The van der Waals surface area contributed by atoms with Crippen molar-refractivity contribution in [2.45, 2.75) is 52.1 Å². The molecule has 1 N–H and O–H groups in total. The molecule has 3 heterocycles. The summed E-state index contributed by atoms with van der Waals surface area (Å²) >= 11 is 1.66. The molecule has 2 atom stereocenters. The van der Waals surface area contributed by atoms with E-state index in [2.05, 4.69) is 20.8 Å². The zero-order chi connectivity index (χ0) is 17.3. The van der Waals surface area contributed by atoms with Gasteiger partial charge in [-0.3, -0.25) is 4.79 Å². The highest BCUT2D eigenvalue weighted by Gasteiger charge is 2.46. The molecule has 1 aromatic rings. The average Bonchev–Trinajstić information content (AvgIpc) is 2.98. The highest BCUT2D eigenvalue weighted by molar-refractivity contribution is 7.10. The number of hydrogen-bond donors (Lipinski definition) is 1. The number of likely N-dealkylation sites (tertiary alicyclic amines) is 1. The lowest BCUT2D eigenvalue weighted by Crippen LogP contribution is -2.56. The molecule has 0 bridgehead atoms. The number of amides is 1. The number of nitrogens with zero attached hydrogens (tertiary/aromatic N) is 1. The number of aryl methyl sites for hydroxylation is 1. The van der Waals surface area contributed by atoms with Crippen LogP contribution in [0.2, 0.25) is 0 Å². The Morgan fingerprint density at radius 1 is 1.46 bits per heavy atom. The molecule has 134 valence electrons. The van der Waals surface area contributed by atoms with Gasteiger partial charge in [0.2, 0.25) is 0 Å². The van der Waals surface area contributed by atoms with Gasteiger partial charge < -0.3 is 14.7 Å². The van der Waals surface area contributed by atoms with E-state index in [0.29, 0.717) is 25.4 Å². The Morgan fingerprint density at radius 3 is 2.79 bits per heavy atom. The second kappa shape index (κ2) is 7.14. The maximum absolute atomic E-state index is 13.0. The molecule has 1 aromatic heterocycles. The minimum Gasteiger partial charge on any atom is -0.389 e. The molecule has 0 aliphatic carbocycles. The van der Waals surface area contributed by atoms with Gasteiger partial charge in [-0.1, -0.05) is 13.8 Å². The van der Waals surface area contributed by atoms with Crippen LogP contribution in [0.4, 0.5) is 0 Å². The molecule has 2 aliphatic heterocycles. The quantitative estimate of drug-likeness (QED) is 0.909. The Hall–Kier alpha value is -0.910. The summed E-state index contributed by atoms with van der Waals surface area (Å²) < 4.78 is 5.44. The molecule has 4 nitrogen and oxygen atoms in total. The summed E-state index contributed by atoms with van der Waals surface area (Å²) in [6, 6.07) is 0. The van der Waals surface area contributed by atoms with Crippen molar-refractivity contribution in [3.63, 3.8) is 0 Å². The molecule has 0 spiro atoms. The maximum atomic E-state index is 13.0. The van der Waals surface area contributed by atoms with E-state index in [4.69, 9.17) is 4.74 Å². The molecule has 2 saturated heterocycles. The first-order valence-corrected chi connectivity index (χ1v) is 10.0. The van der Waals surface area contributed by atoms with Gasteiger partial charge in [0, 0.05) is 42.5 Å². The van der Waals surface area contributed by atoms with Crippen molar-refractivity contribution in [1.82, 2.24) is 4.90 Å².